The van der Waals surface area contributed by atoms with E-state index in [0.29, 0.717) is 12.7 Å². The van der Waals surface area contributed by atoms with Gasteiger partial charge in [0.25, 0.3) is 0 Å². The first kappa shape index (κ1) is 13.3. The zero-order valence-electron chi connectivity index (χ0n) is 12.3. The number of hydrogen-bond donors (Lipinski definition) is 1. The van der Waals surface area contributed by atoms with Crippen molar-refractivity contribution in [2.45, 2.75) is 33.7 Å². The number of nitrogens with one attached hydrogen (secondary N) is 1. The molecule has 0 aliphatic carbocycles. The Morgan fingerprint density at radius 3 is 2.65 bits per heavy atom. The molecule has 0 saturated carbocycles. The average Bonchev–Trinajstić information content (AvgIpc) is 2.98. The lowest BCUT2D eigenvalue weighted by atomic mass is 10.1. The summed E-state index contributed by atoms with van der Waals surface area (Å²) in [6, 6.07) is 3.97. The van der Waals surface area contributed by atoms with Gasteiger partial charge in [-0.2, -0.15) is 0 Å². The topological polar surface area (TPSA) is 43.6 Å². The van der Waals surface area contributed by atoms with Gasteiger partial charge in [-0.25, -0.2) is 0 Å². The Bertz CT molecular complexity index is 616. The third-order valence-corrected chi connectivity index (χ3v) is 3.56. The van der Waals surface area contributed by atoms with Gasteiger partial charge in [0.15, 0.2) is 11.5 Å². The molecule has 1 aromatic carbocycles. The van der Waals surface area contributed by atoms with Crippen molar-refractivity contribution in [3.8, 4) is 11.5 Å². The van der Waals surface area contributed by atoms with E-state index in [2.05, 4.69) is 26.1 Å². The van der Waals surface area contributed by atoms with Crippen LogP contribution in [0.1, 0.15) is 32.1 Å². The number of fused-ring (bicyclic) bond motifs is 2. The maximum absolute atomic E-state index is 6.00. The Labute approximate surface area is 119 Å². The summed E-state index contributed by atoms with van der Waals surface area (Å²) in [7, 11) is 0. The predicted octanol–water partition coefficient (Wildman–Crippen LogP) is 3.47. The Morgan fingerprint density at radius 2 is 1.95 bits per heavy atom. The number of furan rings is 1. The summed E-state index contributed by atoms with van der Waals surface area (Å²) >= 11 is 0. The standard InChI is InChI=1S/C16H21NO3/c1-4-11-12-5-14-15(19-9-18-14)6-13(12)20-16(11)8-17-7-10(2)3/h5-6,10,17H,4,7-9H2,1-3H3. The highest BCUT2D eigenvalue weighted by atomic mass is 16.7. The van der Waals surface area contributed by atoms with Crippen molar-refractivity contribution in [1.82, 2.24) is 5.32 Å². The minimum Gasteiger partial charge on any atom is -0.459 e. The Kier molecular flexibility index (Phi) is 3.57. The molecule has 0 bridgehead atoms. The van der Waals surface area contributed by atoms with E-state index in [9.17, 15) is 0 Å². The second-order valence-electron chi connectivity index (χ2n) is 5.58. The highest BCUT2D eigenvalue weighted by molar-refractivity contribution is 5.86. The average molecular weight is 275 g/mol. The van der Waals surface area contributed by atoms with Crippen LogP contribution in [0.4, 0.5) is 0 Å². The molecule has 0 amide bonds. The molecule has 0 fully saturated rings. The number of ether oxygens (including phenoxy) is 2. The van der Waals surface area contributed by atoms with Crippen molar-refractivity contribution >= 4 is 11.0 Å². The van der Waals surface area contributed by atoms with E-state index in [1.54, 1.807) is 0 Å². The molecular formula is C16H21NO3. The molecule has 1 aliphatic heterocycles. The second-order valence-corrected chi connectivity index (χ2v) is 5.58. The van der Waals surface area contributed by atoms with Crippen LogP contribution < -0.4 is 14.8 Å². The quantitative estimate of drug-likeness (QED) is 0.907. The predicted molar refractivity (Wildman–Crippen MR) is 78.3 cm³/mol. The third kappa shape index (κ3) is 2.36. The van der Waals surface area contributed by atoms with Gasteiger partial charge in [-0.05, 0) is 24.9 Å². The summed E-state index contributed by atoms with van der Waals surface area (Å²) in [6.45, 7) is 8.61. The second kappa shape index (κ2) is 5.37. The molecule has 2 aromatic rings. The molecule has 1 N–H and O–H groups in total. The van der Waals surface area contributed by atoms with Gasteiger partial charge in [-0.1, -0.05) is 20.8 Å². The fourth-order valence-electron chi connectivity index (χ4n) is 2.59. The fraction of sp³-hybridized carbons (Fsp3) is 0.500. The van der Waals surface area contributed by atoms with Crippen LogP contribution >= 0.6 is 0 Å². The van der Waals surface area contributed by atoms with Crippen LogP contribution in [-0.4, -0.2) is 13.3 Å². The summed E-state index contributed by atoms with van der Waals surface area (Å²) in [4.78, 5) is 0. The van der Waals surface area contributed by atoms with Crippen molar-refractivity contribution < 1.29 is 13.9 Å². The third-order valence-electron chi connectivity index (χ3n) is 3.56. The van der Waals surface area contributed by atoms with Crippen LogP contribution in [-0.2, 0) is 13.0 Å². The van der Waals surface area contributed by atoms with Gasteiger partial charge in [-0.3, -0.25) is 0 Å². The molecule has 0 unspecified atom stereocenters. The van der Waals surface area contributed by atoms with E-state index in [1.165, 1.54) is 5.56 Å². The van der Waals surface area contributed by atoms with E-state index < -0.39 is 0 Å². The lowest BCUT2D eigenvalue weighted by Gasteiger charge is -2.06. The zero-order valence-corrected chi connectivity index (χ0v) is 12.3. The van der Waals surface area contributed by atoms with Gasteiger partial charge in [0.05, 0.1) is 6.54 Å². The number of hydrogen-bond acceptors (Lipinski definition) is 4. The molecule has 1 aliphatic rings. The molecule has 0 radical (unpaired) electrons. The zero-order chi connectivity index (χ0) is 14.1. The summed E-state index contributed by atoms with van der Waals surface area (Å²) in [5.41, 5.74) is 2.14. The van der Waals surface area contributed by atoms with Crippen LogP contribution in [0.3, 0.4) is 0 Å². The van der Waals surface area contributed by atoms with Crippen LogP contribution in [0.5, 0.6) is 11.5 Å². The first-order valence-electron chi connectivity index (χ1n) is 7.23. The van der Waals surface area contributed by atoms with Crippen LogP contribution in [0.15, 0.2) is 16.5 Å². The summed E-state index contributed by atoms with van der Waals surface area (Å²) in [5.74, 6) is 3.24. The van der Waals surface area contributed by atoms with Crippen molar-refractivity contribution in [1.29, 1.82) is 0 Å². The maximum Gasteiger partial charge on any atom is 0.231 e. The first-order chi connectivity index (χ1) is 9.69. The van der Waals surface area contributed by atoms with Gasteiger partial charge in [-0.15, -0.1) is 0 Å². The SMILES string of the molecule is CCc1c(CNCC(C)C)oc2cc3c(cc12)OCO3. The molecule has 4 nitrogen and oxygen atoms in total. The molecule has 3 rings (SSSR count). The van der Waals surface area contributed by atoms with Crippen molar-refractivity contribution in [2.75, 3.05) is 13.3 Å². The molecule has 1 aromatic heterocycles. The maximum atomic E-state index is 6.00. The van der Waals surface area contributed by atoms with Gasteiger partial charge in [0, 0.05) is 17.0 Å². The molecule has 20 heavy (non-hydrogen) atoms. The first-order valence-corrected chi connectivity index (χ1v) is 7.23. The van der Waals surface area contributed by atoms with Gasteiger partial charge in [0.2, 0.25) is 6.79 Å². The Morgan fingerprint density at radius 1 is 1.20 bits per heavy atom. The molecule has 0 atom stereocenters. The minimum absolute atomic E-state index is 0.298. The summed E-state index contributed by atoms with van der Waals surface area (Å²) in [6.07, 6.45) is 0.950. The number of benzene rings is 1. The highest BCUT2D eigenvalue weighted by Crippen LogP contribution is 2.39. The molecule has 4 heteroatoms. The van der Waals surface area contributed by atoms with E-state index >= 15 is 0 Å². The lowest BCUT2D eigenvalue weighted by molar-refractivity contribution is 0.174. The van der Waals surface area contributed by atoms with Crippen LogP contribution in [0.25, 0.3) is 11.0 Å². The monoisotopic (exact) mass is 275 g/mol. The van der Waals surface area contributed by atoms with Crippen molar-refractivity contribution in [3.05, 3.63) is 23.5 Å². The number of aryl methyl sites for hydroxylation is 1. The largest absolute Gasteiger partial charge is 0.459 e. The highest BCUT2D eigenvalue weighted by Gasteiger charge is 2.19. The van der Waals surface area contributed by atoms with Crippen LogP contribution in [0.2, 0.25) is 0 Å². The molecule has 2 heterocycles. The molecule has 0 spiro atoms. The summed E-state index contributed by atoms with van der Waals surface area (Å²) < 4.78 is 16.9. The number of rotatable bonds is 5. The van der Waals surface area contributed by atoms with E-state index in [-0.39, 0.29) is 0 Å². The summed E-state index contributed by atoms with van der Waals surface area (Å²) in [5, 5.41) is 4.57. The molecule has 108 valence electrons. The minimum atomic E-state index is 0.298. The van der Waals surface area contributed by atoms with E-state index in [0.717, 1.165) is 47.7 Å². The van der Waals surface area contributed by atoms with E-state index in [1.807, 2.05) is 12.1 Å². The molecular weight excluding hydrogens is 254 g/mol. The Balaban J connectivity index is 1.92. The van der Waals surface area contributed by atoms with Crippen molar-refractivity contribution in [2.24, 2.45) is 5.92 Å². The lowest BCUT2D eigenvalue weighted by Crippen LogP contribution is -2.19. The normalized spacial score (nSPS) is 13.6. The van der Waals surface area contributed by atoms with Crippen molar-refractivity contribution in [3.63, 3.8) is 0 Å². The van der Waals surface area contributed by atoms with Gasteiger partial charge < -0.3 is 19.2 Å². The van der Waals surface area contributed by atoms with Crippen LogP contribution in [0, 0.1) is 5.92 Å². The van der Waals surface area contributed by atoms with Gasteiger partial charge in [0.1, 0.15) is 11.3 Å². The Hall–Kier alpha value is -1.68. The van der Waals surface area contributed by atoms with E-state index in [4.69, 9.17) is 13.9 Å². The smallest absolute Gasteiger partial charge is 0.231 e. The molecule has 0 saturated heterocycles. The van der Waals surface area contributed by atoms with Gasteiger partial charge >= 0.3 is 0 Å². The fourth-order valence-corrected chi connectivity index (χ4v) is 2.59.